The smallest absolute Gasteiger partial charge is 0.255 e. The number of methoxy groups -OCH3 is 1. The Bertz CT molecular complexity index is 730. The van der Waals surface area contributed by atoms with Crippen molar-refractivity contribution < 1.29 is 14.3 Å². The zero-order valence-electron chi connectivity index (χ0n) is 13.4. The standard InChI is InChI=1S/C18H19BrN2O3/c1-23-15-4-2-3-13(11-15)18(22)20-14-5-6-17(16(19)12-14)21-7-9-24-10-8-21/h2-6,11-12H,7-10H2,1H3,(H,20,22). The maximum Gasteiger partial charge on any atom is 0.255 e. The average Bonchev–Trinajstić information content (AvgIpc) is 2.62. The number of ether oxygens (including phenoxy) is 2. The van der Waals surface area contributed by atoms with E-state index < -0.39 is 0 Å². The monoisotopic (exact) mass is 390 g/mol. The number of hydrogen-bond donors (Lipinski definition) is 1. The predicted molar refractivity (Wildman–Crippen MR) is 98.1 cm³/mol. The zero-order valence-corrected chi connectivity index (χ0v) is 15.0. The topological polar surface area (TPSA) is 50.8 Å². The number of hydrogen-bond acceptors (Lipinski definition) is 4. The van der Waals surface area contributed by atoms with Crippen LogP contribution in [-0.4, -0.2) is 39.3 Å². The van der Waals surface area contributed by atoms with E-state index in [-0.39, 0.29) is 5.91 Å². The van der Waals surface area contributed by atoms with Gasteiger partial charge in [0.15, 0.2) is 0 Å². The van der Waals surface area contributed by atoms with Crippen LogP contribution in [0.3, 0.4) is 0 Å². The summed E-state index contributed by atoms with van der Waals surface area (Å²) < 4.78 is 11.5. The predicted octanol–water partition coefficient (Wildman–Crippen LogP) is 3.55. The maximum absolute atomic E-state index is 12.4. The number of amides is 1. The Balaban J connectivity index is 1.73. The van der Waals surface area contributed by atoms with Gasteiger partial charge in [0.2, 0.25) is 0 Å². The highest BCUT2D eigenvalue weighted by molar-refractivity contribution is 9.10. The first-order valence-electron chi connectivity index (χ1n) is 7.75. The fraction of sp³-hybridized carbons (Fsp3) is 0.278. The van der Waals surface area contributed by atoms with Gasteiger partial charge in [-0.1, -0.05) is 6.07 Å². The summed E-state index contributed by atoms with van der Waals surface area (Å²) in [6.45, 7) is 3.21. The third kappa shape index (κ3) is 3.88. The molecule has 1 aliphatic rings. The van der Waals surface area contributed by atoms with Gasteiger partial charge in [0.1, 0.15) is 5.75 Å². The number of halogens is 1. The Morgan fingerprint density at radius 2 is 2.00 bits per heavy atom. The summed E-state index contributed by atoms with van der Waals surface area (Å²) in [5.74, 6) is 0.492. The van der Waals surface area contributed by atoms with E-state index in [0.717, 1.165) is 42.2 Å². The Morgan fingerprint density at radius 1 is 1.21 bits per heavy atom. The van der Waals surface area contributed by atoms with Gasteiger partial charge in [0.25, 0.3) is 5.91 Å². The quantitative estimate of drug-likeness (QED) is 0.866. The van der Waals surface area contributed by atoms with Crippen LogP contribution in [-0.2, 0) is 4.74 Å². The summed E-state index contributed by atoms with van der Waals surface area (Å²) >= 11 is 3.60. The number of benzene rings is 2. The summed E-state index contributed by atoms with van der Waals surface area (Å²) in [4.78, 5) is 14.6. The van der Waals surface area contributed by atoms with Gasteiger partial charge < -0.3 is 19.7 Å². The summed E-state index contributed by atoms with van der Waals surface area (Å²) in [5.41, 5.74) is 2.41. The molecule has 126 valence electrons. The van der Waals surface area contributed by atoms with Gasteiger partial charge in [-0.2, -0.15) is 0 Å². The molecule has 2 aromatic rings. The molecule has 0 bridgehead atoms. The normalized spacial score (nSPS) is 14.3. The van der Waals surface area contributed by atoms with Crippen LogP contribution in [0.4, 0.5) is 11.4 Å². The van der Waals surface area contributed by atoms with Crippen molar-refractivity contribution in [2.45, 2.75) is 0 Å². The third-order valence-electron chi connectivity index (χ3n) is 3.89. The van der Waals surface area contributed by atoms with Crippen LogP contribution in [0, 0.1) is 0 Å². The number of nitrogens with one attached hydrogen (secondary N) is 1. The van der Waals surface area contributed by atoms with Crippen molar-refractivity contribution in [3.63, 3.8) is 0 Å². The van der Waals surface area contributed by atoms with Crippen LogP contribution in [0.5, 0.6) is 5.75 Å². The van der Waals surface area contributed by atoms with Crippen molar-refractivity contribution in [2.24, 2.45) is 0 Å². The second-order valence-electron chi connectivity index (χ2n) is 5.45. The highest BCUT2D eigenvalue weighted by Gasteiger charge is 2.15. The van der Waals surface area contributed by atoms with Crippen LogP contribution >= 0.6 is 15.9 Å². The van der Waals surface area contributed by atoms with Crippen molar-refractivity contribution in [2.75, 3.05) is 43.6 Å². The molecule has 0 aromatic heterocycles. The van der Waals surface area contributed by atoms with E-state index in [2.05, 4.69) is 26.1 Å². The van der Waals surface area contributed by atoms with Gasteiger partial charge in [-0.05, 0) is 52.3 Å². The second-order valence-corrected chi connectivity index (χ2v) is 6.31. The van der Waals surface area contributed by atoms with Crippen molar-refractivity contribution in [1.82, 2.24) is 0 Å². The lowest BCUT2D eigenvalue weighted by Crippen LogP contribution is -2.36. The number of rotatable bonds is 4. The number of anilines is 2. The fourth-order valence-electron chi connectivity index (χ4n) is 2.61. The lowest BCUT2D eigenvalue weighted by Gasteiger charge is -2.29. The number of carbonyl (C=O) groups excluding carboxylic acids is 1. The summed E-state index contributed by atoms with van der Waals surface area (Å²) in [6, 6.07) is 12.9. The lowest BCUT2D eigenvalue weighted by molar-refractivity contribution is 0.102. The summed E-state index contributed by atoms with van der Waals surface area (Å²) in [5, 5.41) is 2.91. The minimum absolute atomic E-state index is 0.167. The first-order chi connectivity index (χ1) is 11.7. The van der Waals surface area contributed by atoms with Crippen LogP contribution < -0.4 is 15.0 Å². The molecule has 1 N–H and O–H groups in total. The van der Waals surface area contributed by atoms with E-state index in [1.807, 2.05) is 24.3 Å². The van der Waals surface area contributed by atoms with Crippen molar-refractivity contribution in [3.05, 3.63) is 52.5 Å². The van der Waals surface area contributed by atoms with Crippen LogP contribution in [0.1, 0.15) is 10.4 Å². The largest absolute Gasteiger partial charge is 0.497 e. The van der Waals surface area contributed by atoms with E-state index in [1.165, 1.54) is 0 Å². The molecule has 0 unspecified atom stereocenters. The van der Waals surface area contributed by atoms with E-state index in [0.29, 0.717) is 11.3 Å². The van der Waals surface area contributed by atoms with Gasteiger partial charge in [-0.15, -0.1) is 0 Å². The SMILES string of the molecule is COc1cccc(C(=O)Nc2ccc(N3CCOCC3)c(Br)c2)c1. The van der Waals surface area contributed by atoms with Gasteiger partial charge in [0, 0.05) is 28.8 Å². The molecule has 6 heteroatoms. The summed E-state index contributed by atoms with van der Waals surface area (Å²) in [6.07, 6.45) is 0. The summed E-state index contributed by atoms with van der Waals surface area (Å²) in [7, 11) is 1.58. The lowest BCUT2D eigenvalue weighted by atomic mass is 10.2. The first kappa shape index (κ1) is 16.8. The van der Waals surface area contributed by atoms with Crippen molar-refractivity contribution in [1.29, 1.82) is 0 Å². The molecule has 0 spiro atoms. The van der Waals surface area contributed by atoms with E-state index in [9.17, 15) is 4.79 Å². The van der Waals surface area contributed by atoms with Crippen LogP contribution in [0.15, 0.2) is 46.9 Å². The minimum Gasteiger partial charge on any atom is -0.497 e. The molecule has 3 rings (SSSR count). The van der Waals surface area contributed by atoms with Crippen LogP contribution in [0.25, 0.3) is 0 Å². The molecule has 5 nitrogen and oxygen atoms in total. The van der Waals surface area contributed by atoms with E-state index >= 15 is 0 Å². The molecule has 24 heavy (non-hydrogen) atoms. The number of nitrogens with zero attached hydrogens (tertiary/aromatic N) is 1. The average molecular weight is 391 g/mol. The molecule has 0 atom stereocenters. The zero-order chi connectivity index (χ0) is 16.9. The Morgan fingerprint density at radius 3 is 2.71 bits per heavy atom. The molecule has 2 aromatic carbocycles. The highest BCUT2D eigenvalue weighted by Crippen LogP contribution is 2.30. The molecular formula is C18H19BrN2O3. The van der Waals surface area contributed by atoms with Gasteiger partial charge in [-0.25, -0.2) is 0 Å². The highest BCUT2D eigenvalue weighted by atomic mass is 79.9. The third-order valence-corrected chi connectivity index (χ3v) is 4.52. The molecule has 0 saturated carbocycles. The molecule has 1 saturated heterocycles. The number of morpholine rings is 1. The molecule has 1 fully saturated rings. The molecule has 1 aliphatic heterocycles. The Hall–Kier alpha value is -2.05. The Kier molecular flexibility index (Phi) is 5.37. The molecule has 1 heterocycles. The molecule has 0 aliphatic carbocycles. The molecular weight excluding hydrogens is 372 g/mol. The van der Waals surface area contributed by atoms with Gasteiger partial charge in [0.05, 0.1) is 26.0 Å². The first-order valence-corrected chi connectivity index (χ1v) is 8.54. The second kappa shape index (κ2) is 7.68. The van der Waals surface area contributed by atoms with Gasteiger partial charge >= 0.3 is 0 Å². The Labute approximate surface area is 149 Å². The fourth-order valence-corrected chi connectivity index (χ4v) is 3.24. The van der Waals surface area contributed by atoms with E-state index in [1.54, 1.807) is 25.3 Å². The molecule has 0 radical (unpaired) electrons. The van der Waals surface area contributed by atoms with Crippen LogP contribution in [0.2, 0.25) is 0 Å². The molecule has 1 amide bonds. The van der Waals surface area contributed by atoms with Crippen molar-refractivity contribution >= 4 is 33.2 Å². The van der Waals surface area contributed by atoms with Crippen molar-refractivity contribution in [3.8, 4) is 5.75 Å². The minimum atomic E-state index is -0.167. The van der Waals surface area contributed by atoms with E-state index in [4.69, 9.17) is 9.47 Å². The number of carbonyl (C=O) groups is 1. The van der Waals surface area contributed by atoms with Gasteiger partial charge in [-0.3, -0.25) is 4.79 Å². The maximum atomic E-state index is 12.4.